The molecule has 4 N–H and O–H groups in total. The number of likely N-dealkylation sites (tertiary alicyclic amines) is 5. The lowest BCUT2D eigenvalue weighted by atomic mass is 9.94. The third kappa shape index (κ3) is 15.0. The molecule has 0 radical (unpaired) electrons. The van der Waals surface area contributed by atoms with E-state index in [1.165, 1.54) is 155 Å². The zero-order valence-electron chi connectivity index (χ0n) is 47.4. The Balaban J connectivity index is 0.000000141. The highest BCUT2D eigenvalue weighted by Gasteiger charge is 2.48. The number of carboxylic acid groups (broad SMARTS) is 3. The summed E-state index contributed by atoms with van der Waals surface area (Å²) in [5.41, 5.74) is 0. The summed E-state index contributed by atoms with van der Waals surface area (Å²) in [4.78, 5) is 43.6. The molecule has 74 heavy (non-hydrogen) atoms. The van der Waals surface area contributed by atoms with Gasteiger partial charge in [-0.25, -0.2) is 0 Å². The van der Waals surface area contributed by atoms with Crippen molar-refractivity contribution in [2.45, 2.75) is 179 Å². The fraction of sp³-hybridized carbons (Fsp3) is 0.949. The Kier molecular flexibility index (Phi) is 24.1. The molecule has 0 spiro atoms. The number of nitrogens with zero attached hydrogens (tertiary/aromatic N) is 5. The van der Waals surface area contributed by atoms with Crippen LogP contribution in [0.15, 0.2) is 0 Å². The molecule has 7 heterocycles. The van der Waals surface area contributed by atoms with Crippen molar-refractivity contribution in [1.82, 2.24) is 35.1 Å². The van der Waals surface area contributed by atoms with Crippen LogP contribution in [-0.2, 0) is 14.4 Å². The fourth-order valence-corrected chi connectivity index (χ4v) is 18.5. The molecule has 13 nitrogen and oxygen atoms in total. The molecule has 14 rings (SSSR count). The van der Waals surface area contributed by atoms with E-state index in [0.29, 0.717) is 35.5 Å². The van der Waals surface area contributed by atoms with Crippen molar-refractivity contribution in [1.29, 1.82) is 0 Å². The van der Waals surface area contributed by atoms with Crippen molar-refractivity contribution in [2.24, 2.45) is 82.9 Å². The summed E-state index contributed by atoms with van der Waals surface area (Å²) in [6, 6.07) is 0.984. The largest absolute Gasteiger partial charge is 0.548 e. The first-order valence-corrected chi connectivity index (χ1v) is 30.2. The molecule has 7 aliphatic carbocycles. The summed E-state index contributed by atoms with van der Waals surface area (Å²) in [5, 5.41) is 35.7. The molecular formula is C59H107ClN7O6S-. The summed E-state index contributed by atoms with van der Waals surface area (Å²) in [6.45, 7) is 15.7. The monoisotopic (exact) mass is 1080 g/mol. The maximum absolute atomic E-state index is 10.9. The SMILES string of the molecule is C1C[C@@H]2CNC[C@@H]2C1.CN1C[C@@H]2CCC[C@@H]2C1C(=O)O.CN1C[C@@H]2CCC[C@@H]2[C@H]1C(=O)O.CN1C[C@@H]2CCC[C@@H]2[C@H]1C(=O)[O-].CN1C[C@H]2CCC[C@H]2C1.C[C@@H]1[C@H]2CCC[C@H]2CN1C.C[C@H]1NC[C@@H]2CCC[C@@H]21.Cl.S. The second kappa shape index (κ2) is 28.8. The van der Waals surface area contributed by atoms with Gasteiger partial charge in [0, 0.05) is 51.4 Å². The summed E-state index contributed by atoms with van der Waals surface area (Å²) < 4.78 is 0. The molecule has 0 amide bonds. The van der Waals surface area contributed by atoms with Crippen LogP contribution >= 0.6 is 25.9 Å². The van der Waals surface area contributed by atoms with Crippen LogP contribution in [0.1, 0.15) is 149 Å². The first kappa shape index (κ1) is 62.0. The molecule has 0 bridgehead atoms. The van der Waals surface area contributed by atoms with Gasteiger partial charge in [0.05, 0.1) is 12.0 Å². The van der Waals surface area contributed by atoms with Gasteiger partial charge in [-0.05, 0) is 241 Å². The molecular weight excluding hydrogens is 970 g/mol. The van der Waals surface area contributed by atoms with Crippen molar-refractivity contribution in [2.75, 3.05) is 94.1 Å². The average Bonchev–Trinajstić information content (AvgIpc) is 4.13. The Morgan fingerprint density at radius 1 is 0.419 bits per heavy atom. The zero-order chi connectivity index (χ0) is 51.2. The second-order valence-electron chi connectivity index (χ2n) is 26.6. The standard InChI is InChI=1S/3C9H15NO2.C9H17N.2C8H15N.C7H13N.ClH.H2S/c3*1-10-5-6-3-2-4-7(6)8(10)9(11)12;1-7-9-5-3-4-8(9)6-10(7)2;1-9-5-7-3-2-4-8(7)6-9;1-6-8-4-2-3-7(8)5-9-6;1-2-6-4-8-5-7(6)3-1;;/h3*6-8H,2-5H2,1H3,(H,11,12);7-9H,3-6H2,1-2H3;7-8H,2-6H2,1H3;6-9H,2-5H2,1H3;6-8H,1-5H2;1H;1H2/p-1/t6-,7-,8?;2*6-,7-,8-;7-,8+,9-;7-,8+;6-,7+,8-;6-,7+;;/m0001.1.../s1. The molecule has 15 heteroatoms. The zero-order valence-corrected chi connectivity index (χ0v) is 49.2. The van der Waals surface area contributed by atoms with Crippen molar-refractivity contribution in [3.63, 3.8) is 0 Å². The van der Waals surface area contributed by atoms with Crippen LogP contribution in [0, 0.1) is 82.9 Å². The van der Waals surface area contributed by atoms with E-state index >= 15 is 0 Å². The first-order chi connectivity index (χ1) is 34.6. The molecule has 1 unspecified atom stereocenters. The highest BCUT2D eigenvalue weighted by molar-refractivity contribution is 7.59. The van der Waals surface area contributed by atoms with Gasteiger partial charge in [0.1, 0.15) is 12.1 Å². The number of rotatable bonds is 3. The number of likely N-dealkylation sites (N-methyl/N-ethyl adjacent to an activating group) is 3. The topological polar surface area (TPSA) is 155 Å². The Morgan fingerprint density at radius 2 is 0.757 bits per heavy atom. The number of carbonyl (C=O) groups is 3. The molecule has 0 aromatic heterocycles. The van der Waals surface area contributed by atoms with E-state index in [0.717, 1.165) is 98.3 Å². The molecule has 7 saturated carbocycles. The molecule has 14 aliphatic rings. The summed E-state index contributed by atoms with van der Waals surface area (Å²) in [7, 11) is 10.3. The second-order valence-corrected chi connectivity index (χ2v) is 26.6. The van der Waals surface area contributed by atoms with E-state index in [2.05, 4.69) is 48.4 Å². The van der Waals surface area contributed by atoms with Crippen molar-refractivity contribution >= 4 is 43.8 Å². The molecule has 7 saturated heterocycles. The van der Waals surface area contributed by atoms with Gasteiger partial charge in [0.15, 0.2) is 0 Å². The van der Waals surface area contributed by atoms with E-state index in [4.69, 9.17) is 10.2 Å². The number of fused-ring (bicyclic) bond motifs is 7. The lowest BCUT2D eigenvalue weighted by molar-refractivity contribution is -0.311. The number of halogens is 1. The molecule has 14 fully saturated rings. The number of hydrogen-bond acceptors (Lipinski definition) is 11. The molecule has 0 aromatic carbocycles. The van der Waals surface area contributed by atoms with E-state index in [1.807, 2.05) is 35.8 Å². The highest BCUT2D eigenvalue weighted by atomic mass is 35.5. The van der Waals surface area contributed by atoms with Gasteiger partial charge in [0.25, 0.3) is 0 Å². The Labute approximate surface area is 462 Å². The fourth-order valence-electron chi connectivity index (χ4n) is 18.5. The van der Waals surface area contributed by atoms with E-state index in [1.54, 1.807) is 0 Å². The number of aliphatic carboxylic acids is 3. The lowest BCUT2D eigenvalue weighted by Crippen LogP contribution is -2.45. The van der Waals surface area contributed by atoms with Crippen molar-refractivity contribution < 1.29 is 29.7 Å². The first-order valence-electron chi connectivity index (χ1n) is 30.2. The minimum atomic E-state index is -0.882. The van der Waals surface area contributed by atoms with Crippen molar-refractivity contribution in [3.05, 3.63) is 0 Å². The lowest BCUT2D eigenvalue weighted by Gasteiger charge is -2.24. The van der Waals surface area contributed by atoms with Gasteiger partial charge in [0.2, 0.25) is 0 Å². The predicted molar refractivity (Wildman–Crippen MR) is 303 cm³/mol. The van der Waals surface area contributed by atoms with Gasteiger partial charge in [-0.1, -0.05) is 44.9 Å². The minimum Gasteiger partial charge on any atom is -0.548 e. The van der Waals surface area contributed by atoms with Gasteiger partial charge in [-0.2, -0.15) is 13.5 Å². The van der Waals surface area contributed by atoms with E-state index in [-0.39, 0.29) is 44.0 Å². The van der Waals surface area contributed by atoms with Gasteiger partial charge < -0.3 is 40.5 Å². The Bertz CT molecular complexity index is 1620. The van der Waals surface area contributed by atoms with Crippen LogP contribution in [0.25, 0.3) is 0 Å². The van der Waals surface area contributed by atoms with Crippen LogP contribution in [0.3, 0.4) is 0 Å². The summed E-state index contributed by atoms with van der Waals surface area (Å²) in [5.74, 6) is 9.51. The smallest absolute Gasteiger partial charge is 0.321 e. The van der Waals surface area contributed by atoms with Crippen molar-refractivity contribution in [3.8, 4) is 0 Å². The quantitative estimate of drug-likeness (QED) is 0.228. The van der Waals surface area contributed by atoms with E-state index in [9.17, 15) is 19.5 Å². The number of carbonyl (C=O) groups excluding carboxylic acids is 1. The number of carboxylic acids is 3. The van der Waals surface area contributed by atoms with Crippen LogP contribution in [0.2, 0.25) is 0 Å². The maximum atomic E-state index is 10.9. The van der Waals surface area contributed by atoms with Crippen LogP contribution in [-0.4, -0.2) is 177 Å². The van der Waals surface area contributed by atoms with Gasteiger partial charge in [-0.3, -0.25) is 24.3 Å². The molecule has 428 valence electrons. The molecule has 0 aromatic rings. The molecule has 19 atom stereocenters. The average molecular weight is 1080 g/mol. The third-order valence-electron chi connectivity index (χ3n) is 22.3. The predicted octanol–water partition coefficient (Wildman–Crippen LogP) is 7.09. The van der Waals surface area contributed by atoms with Gasteiger partial charge >= 0.3 is 11.9 Å². The minimum absolute atomic E-state index is 0. The normalized spacial score (nSPS) is 42.9. The Morgan fingerprint density at radius 3 is 1.18 bits per heavy atom. The van der Waals surface area contributed by atoms with Crippen LogP contribution in [0.5, 0.6) is 0 Å². The highest BCUT2D eigenvalue weighted by Crippen LogP contribution is 2.45. The van der Waals surface area contributed by atoms with Gasteiger partial charge in [-0.15, -0.1) is 12.4 Å². The maximum Gasteiger partial charge on any atom is 0.321 e. The number of hydrogen-bond donors (Lipinski definition) is 4. The summed E-state index contributed by atoms with van der Waals surface area (Å²) >= 11 is 0. The third-order valence-corrected chi connectivity index (χ3v) is 22.3. The van der Waals surface area contributed by atoms with Crippen LogP contribution < -0.4 is 15.7 Å². The Hall–Kier alpha value is -1.23. The molecule has 7 aliphatic heterocycles. The van der Waals surface area contributed by atoms with E-state index < -0.39 is 17.9 Å². The van der Waals surface area contributed by atoms with Crippen LogP contribution in [0.4, 0.5) is 0 Å². The summed E-state index contributed by atoms with van der Waals surface area (Å²) in [6.07, 6.45) is 28.6. The number of nitrogens with one attached hydrogen (secondary N) is 2.